The molecule has 1 amide bonds. The number of carbonyl (C=O) groups is 1. The van der Waals surface area contributed by atoms with Gasteiger partial charge >= 0.3 is 0 Å². The lowest BCUT2D eigenvalue weighted by Crippen LogP contribution is -2.47. The van der Waals surface area contributed by atoms with E-state index >= 15 is 0 Å². The van der Waals surface area contributed by atoms with Crippen molar-refractivity contribution in [3.63, 3.8) is 0 Å². The minimum atomic E-state index is -0.963. The van der Waals surface area contributed by atoms with E-state index < -0.39 is 11.6 Å². The molecule has 2 atom stereocenters. The molecule has 1 aromatic rings. The van der Waals surface area contributed by atoms with Crippen LogP contribution < -0.4 is 0 Å². The highest BCUT2D eigenvalue weighted by atomic mass is 19.2. The van der Waals surface area contributed by atoms with Crippen LogP contribution in [0.2, 0.25) is 0 Å². The summed E-state index contributed by atoms with van der Waals surface area (Å²) in [6, 6.07) is 3.98. The molecule has 0 unspecified atom stereocenters. The van der Waals surface area contributed by atoms with Crippen molar-refractivity contribution in [3.05, 3.63) is 35.4 Å². The van der Waals surface area contributed by atoms with E-state index in [-0.39, 0.29) is 17.5 Å². The summed E-state index contributed by atoms with van der Waals surface area (Å²) in [6.45, 7) is 1.77. The SMILES string of the molecule is CN1CCC[C@@H]1[C@@H]1CCCN1C(=O)c1ccc(F)c(F)c1. The van der Waals surface area contributed by atoms with Gasteiger partial charge in [0.2, 0.25) is 0 Å². The van der Waals surface area contributed by atoms with Crippen LogP contribution in [0.1, 0.15) is 36.0 Å². The van der Waals surface area contributed by atoms with Crippen LogP contribution in [0.15, 0.2) is 18.2 Å². The van der Waals surface area contributed by atoms with Crippen molar-refractivity contribution in [2.75, 3.05) is 20.1 Å². The van der Waals surface area contributed by atoms with Crippen LogP contribution in [0.25, 0.3) is 0 Å². The first-order chi connectivity index (χ1) is 10.1. The first kappa shape index (κ1) is 14.4. The van der Waals surface area contributed by atoms with Crippen molar-refractivity contribution in [2.45, 2.75) is 37.8 Å². The van der Waals surface area contributed by atoms with Gasteiger partial charge in [-0.05, 0) is 57.5 Å². The van der Waals surface area contributed by atoms with Crippen molar-refractivity contribution < 1.29 is 13.6 Å². The highest BCUT2D eigenvalue weighted by molar-refractivity contribution is 5.94. The summed E-state index contributed by atoms with van der Waals surface area (Å²) in [5, 5.41) is 0. The largest absolute Gasteiger partial charge is 0.334 e. The number of benzene rings is 1. The third-order valence-corrected chi connectivity index (χ3v) is 4.75. The normalized spacial score (nSPS) is 26.5. The number of amides is 1. The van der Waals surface area contributed by atoms with Crippen LogP contribution in [0.4, 0.5) is 8.78 Å². The smallest absolute Gasteiger partial charge is 0.254 e. The molecule has 0 radical (unpaired) electrons. The topological polar surface area (TPSA) is 23.6 Å². The van der Waals surface area contributed by atoms with Crippen LogP contribution in [-0.4, -0.2) is 47.9 Å². The molecule has 5 heteroatoms. The summed E-state index contributed by atoms with van der Waals surface area (Å²) < 4.78 is 26.3. The van der Waals surface area contributed by atoms with Gasteiger partial charge in [0.05, 0.1) is 0 Å². The van der Waals surface area contributed by atoms with Gasteiger partial charge < -0.3 is 9.80 Å². The molecular weight excluding hydrogens is 274 g/mol. The van der Waals surface area contributed by atoms with Crippen LogP contribution >= 0.6 is 0 Å². The summed E-state index contributed by atoms with van der Waals surface area (Å²) >= 11 is 0. The minimum absolute atomic E-state index is 0.184. The molecule has 0 aliphatic carbocycles. The van der Waals surface area contributed by atoms with Crippen molar-refractivity contribution >= 4 is 5.91 Å². The van der Waals surface area contributed by atoms with Crippen molar-refractivity contribution in [1.29, 1.82) is 0 Å². The maximum absolute atomic E-state index is 13.3. The van der Waals surface area contributed by atoms with Crippen molar-refractivity contribution in [1.82, 2.24) is 9.80 Å². The average molecular weight is 294 g/mol. The lowest BCUT2D eigenvalue weighted by atomic mass is 10.0. The predicted molar refractivity (Wildman–Crippen MR) is 76.1 cm³/mol. The van der Waals surface area contributed by atoms with E-state index in [1.54, 1.807) is 0 Å². The molecule has 0 N–H and O–H groups in total. The Morgan fingerprint density at radius 3 is 2.48 bits per heavy atom. The Labute approximate surface area is 123 Å². The fourth-order valence-electron chi connectivity index (χ4n) is 3.66. The minimum Gasteiger partial charge on any atom is -0.334 e. The molecule has 3 rings (SSSR count). The Bertz CT molecular complexity index is 549. The van der Waals surface area contributed by atoms with E-state index in [1.807, 2.05) is 4.90 Å². The number of rotatable bonds is 2. The zero-order valence-electron chi connectivity index (χ0n) is 12.2. The molecule has 2 fully saturated rings. The van der Waals surface area contributed by atoms with E-state index in [0.29, 0.717) is 12.6 Å². The molecule has 2 aliphatic heterocycles. The average Bonchev–Trinajstić information content (AvgIpc) is 3.09. The van der Waals surface area contributed by atoms with Crippen LogP contribution in [0.3, 0.4) is 0 Å². The molecule has 21 heavy (non-hydrogen) atoms. The van der Waals surface area contributed by atoms with Gasteiger partial charge in [-0.2, -0.15) is 0 Å². The van der Waals surface area contributed by atoms with Gasteiger partial charge in [-0.25, -0.2) is 8.78 Å². The molecular formula is C16H20F2N2O. The molecule has 2 heterocycles. The summed E-state index contributed by atoms with van der Waals surface area (Å²) in [5.74, 6) is -2.06. The molecule has 114 valence electrons. The number of carbonyl (C=O) groups excluding carboxylic acids is 1. The molecule has 0 aromatic heterocycles. The number of hydrogen-bond acceptors (Lipinski definition) is 2. The van der Waals surface area contributed by atoms with E-state index in [1.165, 1.54) is 6.07 Å². The molecule has 1 aromatic carbocycles. The monoisotopic (exact) mass is 294 g/mol. The zero-order chi connectivity index (χ0) is 15.0. The predicted octanol–water partition coefficient (Wildman–Crippen LogP) is 2.66. The van der Waals surface area contributed by atoms with Crippen molar-refractivity contribution in [2.24, 2.45) is 0 Å². The second-order valence-corrected chi connectivity index (χ2v) is 6.03. The number of likely N-dealkylation sites (N-methyl/N-ethyl adjacent to an activating group) is 1. The van der Waals surface area contributed by atoms with E-state index in [2.05, 4.69) is 11.9 Å². The van der Waals surface area contributed by atoms with E-state index in [9.17, 15) is 13.6 Å². The van der Waals surface area contributed by atoms with Gasteiger partial charge in [0.25, 0.3) is 5.91 Å². The summed E-state index contributed by atoms with van der Waals surface area (Å²) in [5.41, 5.74) is 0.237. The van der Waals surface area contributed by atoms with Gasteiger partial charge in [-0.15, -0.1) is 0 Å². The van der Waals surface area contributed by atoms with Crippen LogP contribution in [0, 0.1) is 11.6 Å². The standard InChI is InChI=1S/C16H20F2N2O/c1-19-8-2-4-14(19)15-5-3-9-20(15)16(21)11-6-7-12(17)13(18)10-11/h6-7,10,14-15H,2-5,8-9H2,1H3/t14-,15+/m1/s1. The first-order valence-electron chi connectivity index (χ1n) is 7.54. The molecule has 0 spiro atoms. The highest BCUT2D eigenvalue weighted by Crippen LogP contribution is 2.30. The summed E-state index contributed by atoms with van der Waals surface area (Å²) in [4.78, 5) is 16.8. The van der Waals surface area contributed by atoms with Gasteiger partial charge in [0.15, 0.2) is 11.6 Å². The Balaban J connectivity index is 1.81. The summed E-state index contributed by atoms with van der Waals surface area (Å²) in [7, 11) is 2.09. The zero-order valence-corrected chi connectivity index (χ0v) is 12.2. The van der Waals surface area contributed by atoms with Gasteiger partial charge in [0, 0.05) is 24.2 Å². The van der Waals surface area contributed by atoms with Crippen molar-refractivity contribution in [3.8, 4) is 0 Å². The Morgan fingerprint density at radius 1 is 1.10 bits per heavy atom. The molecule has 2 aliphatic rings. The fraction of sp³-hybridized carbons (Fsp3) is 0.562. The number of hydrogen-bond donors (Lipinski definition) is 0. The summed E-state index contributed by atoms with van der Waals surface area (Å²) in [6.07, 6.45) is 4.22. The third-order valence-electron chi connectivity index (χ3n) is 4.75. The Morgan fingerprint density at radius 2 is 1.81 bits per heavy atom. The van der Waals surface area contributed by atoms with Gasteiger partial charge in [-0.3, -0.25) is 4.79 Å². The molecule has 0 saturated carbocycles. The maximum atomic E-state index is 13.3. The maximum Gasteiger partial charge on any atom is 0.254 e. The van der Waals surface area contributed by atoms with E-state index in [0.717, 1.165) is 44.4 Å². The third kappa shape index (κ3) is 2.67. The molecule has 0 bridgehead atoms. The van der Waals surface area contributed by atoms with Gasteiger partial charge in [-0.1, -0.05) is 0 Å². The first-order valence-corrected chi connectivity index (χ1v) is 7.54. The molecule has 3 nitrogen and oxygen atoms in total. The van der Waals surface area contributed by atoms with Crippen LogP contribution in [0.5, 0.6) is 0 Å². The molecule has 2 saturated heterocycles. The lowest BCUT2D eigenvalue weighted by molar-refractivity contribution is 0.0664. The highest BCUT2D eigenvalue weighted by Gasteiger charge is 2.38. The second kappa shape index (κ2) is 5.72. The number of nitrogens with zero attached hydrogens (tertiary/aromatic N) is 2. The number of halogens is 2. The fourth-order valence-corrected chi connectivity index (χ4v) is 3.66. The van der Waals surface area contributed by atoms with Crippen LogP contribution in [-0.2, 0) is 0 Å². The van der Waals surface area contributed by atoms with E-state index in [4.69, 9.17) is 0 Å². The Hall–Kier alpha value is -1.49. The lowest BCUT2D eigenvalue weighted by Gasteiger charge is -2.33. The number of likely N-dealkylation sites (tertiary alicyclic amines) is 2. The quantitative estimate of drug-likeness (QED) is 0.837. The second-order valence-electron chi connectivity index (χ2n) is 6.03. The van der Waals surface area contributed by atoms with Gasteiger partial charge in [0.1, 0.15) is 0 Å². The Kier molecular flexibility index (Phi) is 3.93.